The summed E-state index contributed by atoms with van der Waals surface area (Å²) < 4.78 is 10.5. The normalized spacial score (nSPS) is 18.4. The summed E-state index contributed by atoms with van der Waals surface area (Å²) in [7, 11) is 1.65. The van der Waals surface area contributed by atoms with Crippen molar-refractivity contribution in [3.8, 4) is 5.75 Å². The molecule has 106 valence electrons. The van der Waals surface area contributed by atoms with Gasteiger partial charge >= 0.3 is 0 Å². The van der Waals surface area contributed by atoms with Crippen LogP contribution < -0.4 is 10.5 Å². The maximum atomic E-state index is 6.21. The molecule has 1 fully saturated rings. The summed E-state index contributed by atoms with van der Waals surface area (Å²) in [4.78, 5) is 4.49. The highest BCUT2D eigenvalue weighted by Crippen LogP contribution is 2.37. The van der Waals surface area contributed by atoms with Crippen molar-refractivity contribution in [2.75, 3.05) is 7.11 Å². The molecule has 1 aliphatic rings. The molecule has 5 heteroatoms. The second kappa shape index (κ2) is 4.90. The van der Waals surface area contributed by atoms with E-state index in [9.17, 15) is 0 Å². The first-order valence-electron chi connectivity index (χ1n) is 6.89. The lowest BCUT2D eigenvalue weighted by atomic mass is 9.77. The molecular formula is C15H19N3O2. The maximum absolute atomic E-state index is 6.21. The molecule has 1 aliphatic carbocycles. The number of nitrogens with two attached hydrogens (primary N) is 1. The van der Waals surface area contributed by atoms with Gasteiger partial charge in [0, 0.05) is 0 Å². The third kappa shape index (κ3) is 2.18. The van der Waals surface area contributed by atoms with E-state index in [1.165, 1.54) is 0 Å². The standard InChI is InChI=1S/C15H19N3O2/c1-10(11-4-6-12(19-2)7-5-11)13-17-14(18-20-13)15(16)8-3-9-15/h4-7,10H,3,8-9,16H2,1-2H3. The second-order valence-corrected chi connectivity index (χ2v) is 5.46. The predicted octanol–water partition coefficient (Wildman–Crippen LogP) is 2.57. The molecule has 1 aromatic heterocycles. The molecule has 20 heavy (non-hydrogen) atoms. The van der Waals surface area contributed by atoms with Gasteiger partial charge in [-0.1, -0.05) is 17.3 Å². The zero-order chi connectivity index (χ0) is 14.2. The van der Waals surface area contributed by atoms with Gasteiger partial charge in [-0.3, -0.25) is 0 Å². The van der Waals surface area contributed by atoms with E-state index in [4.69, 9.17) is 15.0 Å². The molecule has 0 amide bonds. The number of hydrogen-bond acceptors (Lipinski definition) is 5. The van der Waals surface area contributed by atoms with E-state index < -0.39 is 0 Å². The van der Waals surface area contributed by atoms with Crippen molar-refractivity contribution >= 4 is 0 Å². The van der Waals surface area contributed by atoms with Crippen molar-refractivity contribution in [1.82, 2.24) is 10.1 Å². The average molecular weight is 273 g/mol. The van der Waals surface area contributed by atoms with Crippen LogP contribution in [0.3, 0.4) is 0 Å². The Balaban J connectivity index is 1.81. The fourth-order valence-corrected chi connectivity index (χ4v) is 2.43. The van der Waals surface area contributed by atoms with Gasteiger partial charge in [-0.05, 0) is 43.9 Å². The van der Waals surface area contributed by atoms with Crippen LogP contribution in [0.1, 0.15) is 49.4 Å². The van der Waals surface area contributed by atoms with Gasteiger partial charge in [-0.2, -0.15) is 4.98 Å². The summed E-state index contributed by atoms with van der Waals surface area (Å²) in [5, 5.41) is 4.05. The summed E-state index contributed by atoms with van der Waals surface area (Å²) in [6.45, 7) is 2.04. The molecule has 0 bridgehead atoms. The van der Waals surface area contributed by atoms with Crippen LogP contribution in [-0.2, 0) is 5.54 Å². The number of rotatable bonds is 4. The Morgan fingerprint density at radius 2 is 2.00 bits per heavy atom. The first-order valence-corrected chi connectivity index (χ1v) is 6.89. The number of aromatic nitrogens is 2. The molecule has 0 aliphatic heterocycles. The minimum Gasteiger partial charge on any atom is -0.497 e. The zero-order valence-corrected chi connectivity index (χ0v) is 11.8. The summed E-state index contributed by atoms with van der Waals surface area (Å²) in [5.41, 5.74) is 6.95. The van der Waals surface area contributed by atoms with E-state index in [0.717, 1.165) is 30.6 Å². The highest BCUT2D eigenvalue weighted by atomic mass is 16.5. The van der Waals surface area contributed by atoms with Gasteiger partial charge in [0.1, 0.15) is 5.75 Å². The lowest BCUT2D eigenvalue weighted by Crippen LogP contribution is -2.44. The summed E-state index contributed by atoms with van der Waals surface area (Å²) in [5.74, 6) is 2.13. The van der Waals surface area contributed by atoms with Crippen molar-refractivity contribution in [3.05, 3.63) is 41.5 Å². The summed E-state index contributed by atoms with van der Waals surface area (Å²) in [6.07, 6.45) is 3.00. The smallest absolute Gasteiger partial charge is 0.233 e. The van der Waals surface area contributed by atoms with E-state index in [1.54, 1.807) is 7.11 Å². The van der Waals surface area contributed by atoms with Crippen LogP contribution in [-0.4, -0.2) is 17.3 Å². The maximum Gasteiger partial charge on any atom is 0.233 e. The molecule has 3 rings (SSSR count). The summed E-state index contributed by atoms with van der Waals surface area (Å²) in [6, 6.07) is 7.88. The number of methoxy groups -OCH3 is 1. The van der Waals surface area contributed by atoms with Gasteiger partial charge in [0.2, 0.25) is 5.89 Å². The first-order chi connectivity index (χ1) is 9.62. The molecule has 0 radical (unpaired) electrons. The van der Waals surface area contributed by atoms with Crippen molar-refractivity contribution in [2.24, 2.45) is 5.73 Å². The third-order valence-electron chi connectivity index (χ3n) is 4.12. The second-order valence-electron chi connectivity index (χ2n) is 5.46. The van der Waals surface area contributed by atoms with E-state index >= 15 is 0 Å². The van der Waals surface area contributed by atoms with Gasteiger partial charge in [0.15, 0.2) is 5.82 Å². The monoisotopic (exact) mass is 273 g/mol. The van der Waals surface area contributed by atoms with E-state index in [2.05, 4.69) is 10.1 Å². The van der Waals surface area contributed by atoms with Crippen LogP contribution >= 0.6 is 0 Å². The van der Waals surface area contributed by atoms with Crippen LogP contribution in [0.15, 0.2) is 28.8 Å². The molecule has 1 aromatic carbocycles. The van der Waals surface area contributed by atoms with Crippen molar-refractivity contribution in [1.29, 1.82) is 0 Å². The molecule has 1 heterocycles. The minimum atomic E-state index is -0.374. The molecule has 1 atom stereocenters. The third-order valence-corrected chi connectivity index (χ3v) is 4.12. The van der Waals surface area contributed by atoms with Crippen molar-refractivity contribution in [2.45, 2.75) is 37.6 Å². The Morgan fingerprint density at radius 1 is 1.30 bits per heavy atom. The Labute approximate surface area is 118 Å². The lowest BCUT2D eigenvalue weighted by molar-refractivity contribution is 0.228. The van der Waals surface area contributed by atoms with E-state index in [1.807, 2.05) is 31.2 Å². The van der Waals surface area contributed by atoms with Crippen LogP contribution in [0.25, 0.3) is 0 Å². The Kier molecular flexibility index (Phi) is 3.22. The van der Waals surface area contributed by atoms with Crippen LogP contribution in [0.4, 0.5) is 0 Å². The van der Waals surface area contributed by atoms with Crippen LogP contribution in [0.5, 0.6) is 5.75 Å². The summed E-state index contributed by atoms with van der Waals surface area (Å²) >= 11 is 0. The molecule has 0 spiro atoms. The molecule has 2 N–H and O–H groups in total. The highest BCUT2D eigenvalue weighted by molar-refractivity contribution is 5.31. The molecule has 0 saturated heterocycles. The Bertz CT molecular complexity index is 587. The quantitative estimate of drug-likeness (QED) is 0.926. The van der Waals surface area contributed by atoms with Crippen molar-refractivity contribution in [3.63, 3.8) is 0 Å². The topological polar surface area (TPSA) is 74.2 Å². The Morgan fingerprint density at radius 3 is 2.55 bits per heavy atom. The SMILES string of the molecule is COc1ccc(C(C)c2nc(C3(N)CCC3)no2)cc1. The molecule has 1 saturated carbocycles. The molecule has 1 unspecified atom stereocenters. The van der Waals surface area contributed by atoms with Gasteiger partial charge < -0.3 is 15.0 Å². The molecular weight excluding hydrogens is 254 g/mol. The highest BCUT2D eigenvalue weighted by Gasteiger charge is 2.39. The molecule has 2 aromatic rings. The number of nitrogens with zero attached hydrogens (tertiary/aromatic N) is 2. The fourth-order valence-electron chi connectivity index (χ4n) is 2.43. The van der Waals surface area contributed by atoms with Gasteiger partial charge in [-0.25, -0.2) is 0 Å². The predicted molar refractivity (Wildman–Crippen MR) is 74.5 cm³/mol. The van der Waals surface area contributed by atoms with E-state index in [-0.39, 0.29) is 11.5 Å². The Hall–Kier alpha value is -1.88. The minimum absolute atomic E-state index is 0.0471. The van der Waals surface area contributed by atoms with Crippen molar-refractivity contribution < 1.29 is 9.26 Å². The number of ether oxygens (including phenoxy) is 1. The number of benzene rings is 1. The van der Waals surface area contributed by atoms with Gasteiger partial charge in [-0.15, -0.1) is 0 Å². The van der Waals surface area contributed by atoms with E-state index in [0.29, 0.717) is 11.7 Å². The molecule has 5 nitrogen and oxygen atoms in total. The number of hydrogen-bond donors (Lipinski definition) is 1. The fraction of sp³-hybridized carbons (Fsp3) is 0.467. The van der Waals surface area contributed by atoms with Crippen LogP contribution in [0, 0.1) is 0 Å². The van der Waals surface area contributed by atoms with Gasteiger partial charge in [0.25, 0.3) is 0 Å². The first kappa shape index (κ1) is 13.1. The van der Waals surface area contributed by atoms with Crippen LogP contribution in [0.2, 0.25) is 0 Å². The lowest BCUT2D eigenvalue weighted by Gasteiger charge is -2.34. The largest absolute Gasteiger partial charge is 0.497 e. The average Bonchev–Trinajstić information content (AvgIpc) is 2.94. The zero-order valence-electron chi connectivity index (χ0n) is 11.8. The van der Waals surface area contributed by atoms with Gasteiger partial charge in [0.05, 0.1) is 18.6 Å².